The summed E-state index contributed by atoms with van der Waals surface area (Å²) in [6.45, 7) is 9.84. The average Bonchev–Trinajstić information content (AvgIpc) is 2.23. The zero-order valence-electron chi connectivity index (χ0n) is 11.9. The van der Waals surface area contributed by atoms with Gasteiger partial charge in [-0.2, -0.15) is 0 Å². The number of ether oxygens (including phenoxy) is 1. The first-order valence-electron chi connectivity index (χ1n) is 6.64. The molecule has 2 N–H and O–H groups in total. The van der Waals surface area contributed by atoms with E-state index in [1.165, 1.54) is 0 Å². The van der Waals surface area contributed by atoms with E-state index in [1.807, 2.05) is 20.8 Å². The molecule has 0 aromatic carbocycles. The fourth-order valence-electron chi connectivity index (χ4n) is 2.24. The summed E-state index contributed by atoms with van der Waals surface area (Å²) in [5.41, 5.74) is -0.453. The minimum atomic E-state index is -0.453. The molecule has 0 bridgehead atoms. The van der Waals surface area contributed by atoms with E-state index < -0.39 is 5.60 Å². The first-order chi connectivity index (χ1) is 8.31. The smallest absolute Gasteiger partial charge is 0.410 e. The fourth-order valence-corrected chi connectivity index (χ4v) is 2.24. The molecule has 1 fully saturated rings. The Bertz CT molecular complexity index is 276. The van der Waals surface area contributed by atoms with Crippen molar-refractivity contribution >= 4 is 6.09 Å². The summed E-state index contributed by atoms with van der Waals surface area (Å²) < 4.78 is 5.39. The minimum absolute atomic E-state index is 0.122. The van der Waals surface area contributed by atoms with E-state index in [4.69, 9.17) is 9.84 Å². The number of nitrogens with one attached hydrogen (secondary N) is 1. The zero-order valence-corrected chi connectivity index (χ0v) is 11.9. The summed E-state index contributed by atoms with van der Waals surface area (Å²) in [5, 5.41) is 12.1. The van der Waals surface area contributed by atoms with Crippen LogP contribution in [0.4, 0.5) is 4.79 Å². The largest absolute Gasteiger partial charge is 0.444 e. The molecule has 0 aliphatic carbocycles. The highest BCUT2D eigenvalue weighted by Crippen LogP contribution is 2.19. The number of nitrogens with zero attached hydrogens (tertiary/aromatic N) is 1. The third-order valence-electron chi connectivity index (χ3n) is 2.86. The predicted octanol–water partition coefficient (Wildman–Crippen LogP) is 1.21. The molecule has 1 saturated heterocycles. The Balaban J connectivity index is 2.52. The molecular formula is C13H26N2O3. The van der Waals surface area contributed by atoms with Gasteiger partial charge in [-0.15, -0.1) is 0 Å². The molecule has 5 heteroatoms. The molecule has 18 heavy (non-hydrogen) atoms. The SMILES string of the molecule is CC1CC(NCCO)CN(C(=O)OC(C)(C)C)C1. The lowest BCUT2D eigenvalue weighted by Gasteiger charge is -2.37. The van der Waals surface area contributed by atoms with E-state index in [9.17, 15) is 4.79 Å². The van der Waals surface area contributed by atoms with Crippen LogP contribution in [0.2, 0.25) is 0 Å². The van der Waals surface area contributed by atoms with E-state index in [0.717, 1.165) is 13.0 Å². The Morgan fingerprint density at radius 3 is 2.67 bits per heavy atom. The maximum absolute atomic E-state index is 12.0. The van der Waals surface area contributed by atoms with Crippen LogP contribution in [0.3, 0.4) is 0 Å². The van der Waals surface area contributed by atoms with Crippen LogP contribution in [0.25, 0.3) is 0 Å². The van der Waals surface area contributed by atoms with Gasteiger partial charge in [-0.05, 0) is 33.1 Å². The van der Waals surface area contributed by atoms with Gasteiger partial charge >= 0.3 is 6.09 Å². The Kier molecular flexibility index (Phi) is 5.41. The number of rotatable bonds is 3. The van der Waals surface area contributed by atoms with Gasteiger partial charge in [0.2, 0.25) is 0 Å². The summed E-state index contributed by atoms with van der Waals surface area (Å²) in [4.78, 5) is 13.8. The average molecular weight is 258 g/mol. The van der Waals surface area contributed by atoms with Gasteiger partial charge in [0.1, 0.15) is 5.60 Å². The number of aliphatic hydroxyl groups excluding tert-OH is 1. The summed E-state index contributed by atoms with van der Waals surface area (Å²) in [5.74, 6) is 0.447. The lowest BCUT2D eigenvalue weighted by molar-refractivity contribution is 0.0136. The van der Waals surface area contributed by atoms with E-state index in [0.29, 0.717) is 19.0 Å². The van der Waals surface area contributed by atoms with Gasteiger partial charge in [-0.1, -0.05) is 6.92 Å². The highest BCUT2D eigenvalue weighted by atomic mass is 16.6. The second-order valence-corrected chi connectivity index (χ2v) is 6.10. The molecule has 0 aromatic rings. The molecule has 1 heterocycles. The lowest BCUT2D eigenvalue weighted by Crippen LogP contribution is -2.52. The monoisotopic (exact) mass is 258 g/mol. The number of aliphatic hydroxyl groups is 1. The van der Waals surface area contributed by atoms with Crippen molar-refractivity contribution in [2.45, 2.75) is 45.8 Å². The van der Waals surface area contributed by atoms with Gasteiger partial charge in [0.05, 0.1) is 6.61 Å². The molecule has 1 aliphatic heterocycles. The van der Waals surface area contributed by atoms with Gasteiger partial charge in [0.25, 0.3) is 0 Å². The first kappa shape index (κ1) is 15.2. The first-order valence-corrected chi connectivity index (χ1v) is 6.64. The van der Waals surface area contributed by atoms with Crippen LogP contribution in [0, 0.1) is 5.92 Å². The molecular weight excluding hydrogens is 232 g/mol. The minimum Gasteiger partial charge on any atom is -0.444 e. The number of hydrogen-bond donors (Lipinski definition) is 2. The number of likely N-dealkylation sites (tertiary alicyclic amines) is 1. The Morgan fingerprint density at radius 2 is 2.11 bits per heavy atom. The Labute approximate surface area is 109 Å². The normalized spacial score (nSPS) is 25.1. The predicted molar refractivity (Wildman–Crippen MR) is 70.5 cm³/mol. The van der Waals surface area contributed by atoms with Crippen molar-refractivity contribution in [3.8, 4) is 0 Å². The Hall–Kier alpha value is -0.810. The molecule has 0 spiro atoms. The van der Waals surface area contributed by atoms with E-state index >= 15 is 0 Å². The van der Waals surface area contributed by atoms with Crippen molar-refractivity contribution in [3.05, 3.63) is 0 Å². The van der Waals surface area contributed by atoms with Crippen molar-refractivity contribution in [1.82, 2.24) is 10.2 Å². The quantitative estimate of drug-likeness (QED) is 0.799. The third kappa shape index (κ3) is 5.23. The number of carbonyl (C=O) groups excluding carboxylic acids is 1. The molecule has 2 unspecified atom stereocenters. The molecule has 1 aliphatic rings. The third-order valence-corrected chi connectivity index (χ3v) is 2.86. The standard InChI is InChI=1S/C13H26N2O3/c1-10-7-11(14-5-6-16)9-15(8-10)12(17)18-13(2,3)4/h10-11,14,16H,5-9H2,1-4H3. The maximum Gasteiger partial charge on any atom is 0.410 e. The van der Waals surface area contributed by atoms with Crippen LogP contribution in [0.5, 0.6) is 0 Å². The Morgan fingerprint density at radius 1 is 1.44 bits per heavy atom. The molecule has 5 nitrogen and oxygen atoms in total. The van der Waals surface area contributed by atoms with E-state index in [-0.39, 0.29) is 18.7 Å². The maximum atomic E-state index is 12.0. The van der Waals surface area contributed by atoms with E-state index in [1.54, 1.807) is 4.90 Å². The highest BCUT2D eigenvalue weighted by Gasteiger charge is 2.30. The highest BCUT2D eigenvalue weighted by molar-refractivity contribution is 5.68. The van der Waals surface area contributed by atoms with Gasteiger partial charge in [0, 0.05) is 25.7 Å². The topological polar surface area (TPSA) is 61.8 Å². The second-order valence-electron chi connectivity index (χ2n) is 6.10. The molecule has 1 rings (SSSR count). The van der Waals surface area contributed by atoms with Crippen LogP contribution in [0.15, 0.2) is 0 Å². The number of piperidine rings is 1. The van der Waals surface area contributed by atoms with Crippen LogP contribution < -0.4 is 5.32 Å². The zero-order chi connectivity index (χ0) is 13.8. The van der Waals surface area contributed by atoms with Gasteiger partial charge in [-0.3, -0.25) is 0 Å². The van der Waals surface area contributed by atoms with Crippen LogP contribution in [-0.2, 0) is 4.74 Å². The molecule has 0 saturated carbocycles. The van der Waals surface area contributed by atoms with E-state index in [2.05, 4.69) is 12.2 Å². The van der Waals surface area contributed by atoms with Gasteiger partial charge in [-0.25, -0.2) is 4.79 Å². The van der Waals surface area contributed by atoms with Crippen LogP contribution in [0.1, 0.15) is 34.1 Å². The van der Waals surface area contributed by atoms with Crippen molar-refractivity contribution < 1.29 is 14.6 Å². The molecule has 106 valence electrons. The molecule has 1 amide bonds. The van der Waals surface area contributed by atoms with Crippen LogP contribution in [-0.4, -0.2) is 54.0 Å². The molecule has 0 aromatic heterocycles. The molecule has 2 atom stereocenters. The number of carbonyl (C=O) groups is 1. The number of amides is 1. The molecule has 0 radical (unpaired) electrons. The summed E-state index contributed by atoms with van der Waals surface area (Å²) in [6.07, 6.45) is 0.782. The van der Waals surface area contributed by atoms with Gasteiger partial charge < -0.3 is 20.1 Å². The van der Waals surface area contributed by atoms with Crippen LogP contribution >= 0.6 is 0 Å². The fraction of sp³-hybridized carbons (Fsp3) is 0.923. The van der Waals surface area contributed by atoms with Crippen molar-refractivity contribution in [1.29, 1.82) is 0 Å². The summed E-state index contributed by atoms with van der Waals surface area (Å²) >= 11 is 0. The summed E-state index contributed by atoms with van der Waals surface area (Å²) in [7, 11) is 0. The number of hydrogen-bond acceptors (Lipinski definition) is 4. The lowest BCUT2D eigenvalue weighted by atomic mass is 9.96. The van der Waals surface area contributed by atoms with Crippen molar-refractivity contribution in [2.75, 3.05) is 26.2 Å². The second kappa shape index (κ2) is 6.38. The van der Waals surface area contributed by atoms with Crippen molar-refractivity contribution in [2.24, 2.45) is 5.92 Å². The summed E-state index contributed by atoms with van der Waals surface area (Å²) in [6, 6.07) is 0.244. The van der Waals surface area contributed by atoms with Gasteiger partial charge in [0.15, 0.2) is 0 Å². The van der Waals surface area contributed by atoms with Crippen molar-refractivity contribution in [3.63, 3.8) is 0 Å².